The van der Waals surface area contributed by atoms with Gasteiger partial charge in [0.1, 0.15) is 5.58 Å². The Morgan fingerprint density at radius 3 is 2.75 bits per heavy atom. The Bertz CT molecular complexity index is 628. The largest absolute Gasteiger partial charge is 1.00 e. The van der Waals surface area contributed by atoms with Crippen molar-refractivity contribution >= 4 is 21.9 Å². The van der Waals surface area contributed by atoms with Crippen LogP contribution in [0.5, 0.6) is 0 Å². The Morgan fingerprint density at radius 1 is 1.12 bits per heavy atom. The van der Waals surface area contributed by atoms with Crippen LogP contribution in [0.2, 0.25) is 0 Å². The molecule has 0 aliphatic carbocycles. The third kappa shape index (κ3) is 1.78. The topological polar surface area (TPSA) is 33.4 Å². The van der Waals surface area contributed by atoms with E-state index in [-0.39, 0.29) is 36.2 Å². The molecule has 0 fully saturated rings. The molecule has 0 aliphatic heterocycles. The molecule has 1 aromatic heterocycles. The van der Waals surface area contributed by atoms with E-state index in [0.717, 1.165) is 27.5 Å². The molecule has 74 valence electrons. The minimum Gasteiger partial charge on any atom is -0.516 e. The van der Waals surface area contributed by atoms with Crippen molar-refractivity contribution in [3.8, 4) is 0 Å². The predicted molar refractivity (Wildman–Crippen MR) is 58.5 cm³/mol. The molecule has 1 N–H and O–H groups in total. The van der Waals surface area contributed by atoms with Gasteiger partial charge in [0, 0.05) is 11.0 Å². The summed E-state index contributed by atoms with van der Waals surface area (Å²) in [5, 5.41) is 11.2. The van der Waals surface area contributed by atoms with Gasteiger partial charge in [-0.1, -0.05) is 17.5 Å². The summed E-state index contributed by atoms with van der Waals surface area (Å²) in [4.78, 5) is 0. The average Bonchev–Trinajstić information content (AvgIpc) is 2.66. The van der Waals surface area contributed by atoms with Gasteiger partial charge in [0.15, 0.2) is 0 Å². The molecule has 3 heteroatoms. The fraction of sp³-hybridized carbons (Fsp3) is 0.0769. The normalized spacial score (nSPS) is 10.6. The summed E-state index contributed by atoms with van der Waals surface area (Å²) in [7, 11) is 0. The molecule has 3 aromatic rings. The summed E-state index contributed by atoms with van der Waals surface area (Å²) in [6.07, 6.45) is 0. The van der Waals surface area contributed by atoms with Gasteiger partial charge in [0.05, 0.1) is 6.61 Å². The molecule has 0 bridgehead atoms. The molecule has 2 aromatic carbocycles. The molecule has 0 saturated heterocycles. The predicted octanol–water partition coefficient (Wildman–Crippen LogP) is -0.118. The number of benzene rings is 2. The first-order valence-electron chi connectivity index (χ1n) is 4.80. The van der Waals surface area contributed by atoms with Crippen LogP contribution in [0, 0.1) is 6.07 Å². The number of hydrogen-bond acceptors (Lipinski definition) is 2. The fourth-order valence-electron chi connectivity index (χ4n) is 1.81. The summed E-state index contributed by atoms with van der Waals surface area (Å²) >= 11 is 0. The monoisotopic (exact) mass is 220 g/mol. The van der Waals surface area contributed by atoms with Crippen LogP contribution in [0.1, 0.15) is 5.56 Å². The Balaban J connectivity index is 0.000000963. The van der Waals surface area contributed by atoms with E-state index in [9.17, 15) is 0 Å². The van der Waals surface area contributed by atoms with Crippen LogP contribution >= 0.6 is 0 Å². The van der Waals surface area contributed by atoms with E-state index in [2.05, 4.69) is 6.07 Å². The SMILES string of the molecule is OCc1ccc2c(c1)oc1c[c-]ccc12.[Na+]. The third-order valence-electron chi connectivity index (χ3n) is 2.56. The Kier molecular flexibility index (Phi) is 3.36. The molecule has 3 rings (SSSR count). The molecular weight excluding hydrogens is 211 g/mol. The third-order valence-corrected chi connectivity index (χ3v) is 2.56. The number of fused-ring (bicyclic) bond motifs is 3. The Labute approximate surface area is 115 Å². The molecule has 0 spiro atoms. The smallest absolute Gasteiger partial charge is 0.516 e. The van der Waals surface area contributed by atoms with Gasteiger partial charge in [-0.3, -0.25) is 0 Å². The van der Waals surface area contributed by atoms with Gasteiger partial charge in [-0.15, -0.1) is 6.07 Å². The van der Waals surface area contributed by atoms with Crippen molar-refractivity contribution in [1.29, 1.82) is 0 Å². The van der Waals surface area contributed by atoms with Crippen molar-refractivity contribution in [2.75, 3.05) is 0 Å². The van der Waals surface area contributed by atoms with Gasteiger partial charge in [-0.2, -0.15) is 18.2 Å². The van der Waals surface area contributed by atoms with Crippen LogP contribution in [0.25, 0.3) is 21.9 Å². The van der Waals surface area contributed by atoms with Crippen LogP contribution in [0.3, 0.4) is 0 Å². The van der Waals surface area contributed by atoms with Gasteiger partial charge < -0.3 is 9.52 Å². The van der Waals surface area contributed by atoms with Crippen molar-refractivity contribution in [3.05, 3.63) is 48.0 Å². The number of furan rings is 1. The molecule has 0 aliphatic rings. The van der Waals surface area contributed by atoms with Crippen molar-refractivity contribution in [2.24, 2.45) is 0 Å². The minimum atomic E-state index is 0. The van der Waals surface area contributed by atoms with E-state index in [1.807, 2.05) is 36.4 Å². The van der Waals surface area contributed by atoms with Crippen LogP contribution < -0.4 is 29.6 Å². The van der Waals surface area contributed by atoms with E-state index in [1.54, 1.807) is 0 Å². The molecule has 2 nitrogen and oxygen atoms in total. The molecule has 0 unspecified atom stereocenters. The fourth-order valence-corrected chi connectivity index (χ4v) is 1.81. The second-order valence-corrected chi connectivity index (χ2v) is 3.51. The number of aliphatic hydroxyl groups is 1. The summed E-state index contributed by atoms with van der Waals surface area (Å²) in [5.41, 5.74) is 2.52. The van der Waals surface area contributed by atoms with E-state index in [1.165, 1.54) is 0 Å². The van der Waals surface area contributed by atoms with E-state index >= 15 is 0 Å². The second kappa shape index (κ2) is 4.60. The molecule has 1 heterocycles. The number of rotatable bonds is 1. The zero-order valence-electron chi connectivity index (χ0n) is 9.03. The summed E-state index contributed by atoms with van der Waals surface area (Å²) in [6.45, 7) is 0.0408. The number of aliphatic hydroxyl groups excluding tert-OH is 1. The molecule has 0 atom stereocenters. The minimum absolute atomic E-state index is 0. The van der Waals surface area contributed by atoms with Gasteiger partial charge in [-0.05, 0) is 11.6 Å². The van der Waals surface area contributed by atoms with Crippen LogP contribution in [0.4, 0.5) is 0 Å². The summed E-state index contributed by atoms with van der Waals surface area (Å²) < 4.78 is 5.65. The molecule has 0 radical (unpaired) electrons. The first-order chi connectivity index (χ1) is 7.38. The maximum atomic E-state index is 9.02. The zero-order chi connectivity index (χ0) is 10.3. The van der Waals surface area contributed by atoms with Gasteiger partial charge in [0.25, 0.3) is 0 Å². The van der Waals surface area contributed by atoms with Gasteiger partial charge in [0.2, 0.25) is 0 Å². The number of hydrogen-bond donors (Lipinski definition) is 1. The van der Waals surface area contributed by atoms with E-state index in [4.69, 9.17) is 9.52 Å². The summed E-state index contributed by atoms with van der Waals surface area (Å²) in [6, 6.07) is 14.4. The zero-order valence-corrected chi connectivity index (χ0v) is 11.0. The Morgan fingerprint density at radius 2 is 1.94 bits per heavy atom. The quantitative estimate of drug-likeness (QED) is 0.458. The molecule has 0 amide bonds. The van der Waals surface area contributed by atoms with E-state index in [0.29, 0.717) is 0 Å². The second-order valence-electron chi connectivity index (χ2n) is 3.51. The summed E-state index contributed by atoms with van der Waals surface area (Å²) in [5.74, 6) is 0. The maximum absolute atomic E-state index is 9.02. The first kappa shape index (κ1) is 11.7. The van der Waals surface area contributed by atoms with E-state index < -0.39 is 0 Å². The van der Waals surface area contributed by atoms with Crippen LogP contribution in [-0.2, 0) is 6.61 Å². The van der Waals surface area contributed by atoms with Crippen molar-refractivity contribution < 1.29 is 39.1 Å². The van der Waals surface area contributed by atoms with Crippen molar-refractivity contribution in [1.82, 2.24) is 0 Å². The molecule has 16 heavy (non-hydrogen) atoms. The molecular formula is C13H9NaO2. The van der Waals surface area contributed by atoms with Crippen LogP contribution in [0.15, 0.2) is 40.8 Å². The van der Waals surface area contributed by atoms with Crippen LogP contribution in [-0.4, -0.2) is 5.11 Å². The average molecular weight is 220 g/mol. The Hall–Kier alpha value is -0.800. The van der Waals surface area contributed by atoms with Crippen molar-refractivity contribution in [2.45, 2.75) is 6.61 Å². The maximum Gasteiger partial charge on any atom is 1.00 e. The standard InChI is InChI=1S/C13H9O2.Na/c14-8-9-5-6-11-10-3-1-2-4-12(10)15-13(11)7-9;/h1,3-7,14H,8H2;/q-1;+1. The first-order valence-corrected chi connectivity index (χ1v) is 4.80. The van der Waals surface area contributed by atoms with Gasteiger partial charge >= 0.3 is 29.6 Å². The van der Waals surface area contributed by atoms with Crippen molar-refractivity contribution in [3.63, 3.8) is 0 Å². The van der Waals surface area contributed by atoms with Gasteiger partial charge in [-0.25, -0.2) is 0 Å². The molecule has 0 saturated carbocycles.